The fourth-order valence-electron chi connectivity index (χ4n) is 3.03. The summed E-state index contributed by atoms with van der Waals surface area (Å²) in [5, 5.41) is 16.7. The molecule has 0 saturated carbocycles. The van der Waals surface area contributed by atoms with Gasteiger partial charge in [-0.2, -0.15) is 0 Å². The second kappa shape index (κ2) is 9.63. The van der Waals surface area contributed by atoms with Gasteiger partial charge in [0.2, 0.25) is 0 Å². The SMILES string of the molecule is CCc1cnc(CNC(=NC)NC2CCc3nnc(C(C)C)n3C2)s1.I. The third-order valence-electron chi connectivity index (χ3n) is 4.41. The largest absolute Gasteiger partial charge is 0.352 e. The van der Waals surface area contributed by atoms with Gasteiger partial charge in [-0.25, -0.2) is 4.98 Å². The zero-order chi connectivity index (χ0) is 17.8. The Morgan fingerprint density at radius 1 is 1.42 bits per heavy atom. The maximum Gasteiger partial charge on any atom is 0.191 e. The molecule has 1 aliphatic heterocycles. The topological polar surface area (TPSA) is 80.0 Å². The molecule has 2 aromatic rings. The van der Waals surface area contributed by atoms with Gasteiger partial charge in [0.15, 0.2) is 5.96 Å². The van der Waals surface area contributed by atoms with Crippen molar-refractivity contribution in [2.24, 2.45) is 4.99 Å². The molecular formula is C17H28IN7S. The van der Waals surface area contributed by atoms with Gasteiger partial charge in [-0.1, -0.05) is 20.8 Å². The Morgan fingerprint density at radius 3 is 2.88 bits per heavy atom. The van der Waals surface area contributed by atoms with Crippen LogP contribution in [-0.4, -0.2) is 38.8 Å². The van der Waals surface area contributed by atoms with Crippen molar-refractivity contribution in [3.05, 3.63) is 27.7 Å². The quantitative estimate of drug-likeness (QED) is 0.384. The summed E-state index contributed by atoms with van der Waals surface area (Å²) in [6.07, 6.45) is 4.97. The van der Waals surface area contributed by atoms with Crippen LogP contribution in [0, 0.1) is 0 Å². The Morgan fingerprint density at radius 2 is 2.23 bits per heavy atom. The number of halogens is 1. The highest BCUT2D eigenvalue weighted by molar-refractivity contribution is 14.0. The van der Waals surface area contributed by atoms with Gasteiger partial charge in [-0.15, -0.1) is 45.5 Å². The Hall–Kier alpha value is -1.23. The summed E-state index contributed by atoms with van der Waals surface area (Å²) in [5.74, 6) is 3.37. The van der Waals surface area contributed by atoms with E-state index in [1.54, 1.807) is 18.4 Å². The maximum absolute atomic E-state index is 4.45. The number of guanidine groups is 1. The summed E-state index contributed by atoms with van der Waals surface area (Å²) in [6, 6.07) is 0.328. The van der Waals surface area contributed by atoms with Gasteiger partial charge in [0.25, 0.3) is 0 Å². The highest BCUT2D eigenvalue weighted by atomic mass is 127. The Balaban J connectivity index is 0.00000243. The summed E-state index contributed by atoms with van der Waals surface area (Å²) >= 11 is 1.75. The van der Waals surface area contributed by atoms with Crippen molar-refractivity contribution in [3.63, 3.8) is 0 Å². The van der Waals surface area contributed by atoms with Crippen molar-refractivity contribution in [1.82, 2.24) is 30.4 Å². The molecule has 3 heterocycles. The van der Waals surface area contributed by atoms with Crippen LogP contribution in [0.3, 0.4) is 0 Å². The second-order valence-corrected chi connectivity index (χ2v) is 7.82. The van der Waals surface area contributed by atoms with Crippen molar-refractivity contribution in [2.75, 3.05) is 7.05 Å². The van der Waals surface area contributed by atoms with E-state index >= 15 is 0 Å². The van der Waals surface area contributed by atoms with E-state index in [0.29, 0.717) is 18.5 Å². The van der Waals surface area contributed by atoms with Crippen molar-refractivity contribution in [1.29, 1.82) is 0 Å². The van der Waals surface area contributed by atoms with Crippen LogP contribution in [0.4, 0.5) is 0 Å². The maximum atomic E-state index is 4.45. The van der Waals surface area contributed by atoms with E-state index in [9.17, 15) is 0 Å². The van der Waals surface area contributed by atoms with Crippen LogP contribution >= 0.6 is 35.3 Å². The van der Waals surface area contributed by atoms with Crippen LogP contribution < -0.4 is 10.6 Å². The second-order valence-electron chi connectivity index (χ2n) is 6.62. The summed E-state index contributed by atoms with van der Waals surface area (Å²) in [4.78, 5) is 10.1. The zero-order valence-corrected chi connectivity index (χ0v) is 19.0. The molecule has 1 unspecified atom stereocenters. The number of fused-ring (bicyclic) bond motifs is 1. The van der Waals surface area contributed by atoms with Crippen molar-refractivity contribution < 1.29 is 0 Å². The molecule has 9 heteroatoms. The van der Waals surface area contributed by atoms with E-state index in [1.165, 1.54) is 4.88 Å². The molecule has 2 N–H and O–H groups in total. The number of hydrogen-bond acceptors (Lipinski definition) is 5. The Kier molecular flexibility index (Phi) is 7.81. The van der Waals surface area contributed by atoms with Crippen molar-refractivity contribution in [2.45, 2.75) is 65.1 Å². The van der Waals surface area contributed by atoms with Gasteiger partial charge >= 0.3 is 0 Å². The molecule has 0 amide bonds. The monoisotopic (exact) mass is 489 g/mol. The average Bonchev–Trinajstić information content (AvgIpc) is 3.24. The standard InChI is InChI=1S/C17H27N7S.HI/c1-5-13-8-19-15(25-13)9-20-17(18-4)21-12-6-7-14-22-23-16(11(2)3)24(14)10-12;/h8,11-12H,5-7,9-10H2,1-4H3,(H2,18,20,21);1H. The number of nitrogens with zero attached hydrogens (tertiary/aromatic N) is 5. The van der Waals surface area contributed by atoms with Crippen LogP contribution in [0.1, 0.15) is 54.6 Å². The van der Waals surface area contributed by atoms with Crippen LogP contribution in [0.15, 0.2) is 11.2 Å². The van der Waals surface area contributed by atoms with E-state index in [4.69, 9.17) is 0 Å². The van der Waals surface area contributed by atoms with Gasteiger partial charge < -0.3 is 15.2 Å². The minimum Gasteiger partial charge on any atom is -0.352 e. The van der Waals surface area contributed by atoms with Crippen LogP contribution in [0.5, 0.6) is 0 Å². The van der Waals surface area contributed by atoms with Crippen LogP contribution in [0.25, 0.3) is 0 Å². The lowest BCUT2D eigenvalue weighted by Crippen LogP contribution is -2.46. The van der Waals surface area contributed by atoms with Gasteiger partial charge in [0.05, 0.1) is 6.54 Å². The molecule has 1 aliphatic rings. The summed E-state index contributed by atoms with van der Waals surface area (Å²) in [7, 11) is 1.81. The van der Waals surface area contributed by atoms with E-state index in [2.05, 4.69) is 56.1 Å². The summed E-state index contributed by atoms with van der Waals surface area (Å²) in [6.45, 7) is 8.06. The van der Waals surface area contributed by atoms with Gasteiger partial charge in [-0.05, 0) is 12.8 Å². The molecule has 3 rings (SSSR count). The molecule has 2 aromatic heterocycles. The fraction of sp³-hybridized carbons (Fsp3) is 0.647. The lowest BCUT2D eigenvalue weighted by molar-refractivity contribution is 0.407. The third-order valence-corrected chi connectivity index (χ3v) is 5.55. The minimum atomic E-state index is 0. The van der Waals surface area contributed by atoms with Gasteiger partial charge in [0, 0.05) is 43.0 Å². The molecule has 1 atom stereocenters. The lowest BCUT2D eigenvalue weighted by atomic mass is 10.1. The number of hydrogen-bond donors (Lipinski definition) is 2. The first-order chi connectivity index (χ1) is 12.1. The van der Waals surface area contributed by atoms with Crippen molar-refractivity contribution >= 4 is 41.3 Å². The number of thiazole rings is 1. The summed E-state index contributed by atoms with van der Waals surface area (Å²) < 4.78 is 2.26. The molecule has 144 valence electrons. The predicted molar refractivity (Wildman–Crippen MR) is 116 cm³/mol. The van der Waals surface area contributed by atoms with E-state index in [-0.39, 0.29) is 24.0 Å². The van der Waals surface area contributed by atoms with Gasteiger partial charge in [-0.3, -0.25) is 4.99 Å². The van der Waals surface area contributed by atoms with E-state index < -0.39 is 0 Å². The molecule has 0 radical (unpaired) electrons. The first kappa shape index (κ1) is 21.1. The van der Waals surface area contributed by atoms with Crippen molar-refractivity contribution in [3.8, 4) is 0 Å². The highest BCUT2D eigenvalue weighted by Crippen LogP contribution is 2.20. The smallest absolute Gasteiger partial charge is 0.191 e. The predicted octanol–water partition coefficient (Wildman–Crippen LogP) is 2.72. The molecule has 0 bridgehead atoms. The molecule has 26 heavy (non-hydrogen) atoms. The number of nitrogens with one attached hydrogen (secondary N) is 2. The van der Waals surface area contributed by atoms with E-state index in [1.807, 2.05) is 6.20 Å². The molecule has 0 spiro atoms. The summed E-state index contributed by atoms with van der Waals surface area (Å²) in [5.41, 5.74) is 0. The molecule has 0 aliphatic carbocycles. The molecule has 0 fully saturated rings. The molecule has 0 saturated heterocycles. The number of aryl methyl sites for hydroxylation is 2. The minimum absolute atomic E-state index is 0. The Bertz CT molecular complexity index is 737. The number of rotatable bonds is 5. The number of aliphatic imine (C=N–C) groups is 1. The van der Waals surface area contributed by atoms with Gasteiger partial charge in [0.1, 0.15) is 16.7 Å². The average molecular weight is 489 g/mol. The molecular weight excluding hydrogens is 461 g/mol. The molecule has 0 aromatic carbocycles. The van der Waals surface area contributed by atoms with Crippen LogP contribution in [0.2, 0.25) is 0 Å². The molecule has 7 nitrogen and oxygen atoms in total. The first-order valence-corrected chi connectivity index (χ1v) is 9.75. The normalized spacial score (nSPS) is 17.0. The third kappa shape index (κ3) is 4.93. The Labute approximate surface area is 176 Å². The van der Waals surface area contributed by atoms with E-state index in [0.717, 1.165) is 48.4 Å². The zero-order valence-electron chi connectivity index (χ0n) is 15.8. The highest BCUT2D eigenvalue weighted by Gasteiger charge is 2.24. The fourth-order valence-corrected chi connectivity index (χ4v) is 3.84. The lowest BCUT2D eigenvalue weighted by Gasteiger charge is -2.27. The number of aromatic nitrogens is 4. The first-order valence-electron chi connectivity index (χ1n) is 8.93. The van der Waals surface area contributed by atoms with Crippen LogP contribution in [-0.2, 0) is 25.9 Å².